The van der Waals surface area contributed by atoms with E-state index in [-0.39, 0.29) is 0 Å². The van der Waals surface area contributed by atoms with Gasteiger partial charge in [0, 0.05) is 12.1 Å². The first-order chi connectivity index (χ1) is 8.85. The number of hydrogen-bond donors (Lipinski definition) is 1. The van der Waals surface area contributed by atoms with E-state index in [4.69, 9.17) is 6.42 Å². The summed E-state index contributed by atoms with van der Waals surface area (Å²) in [6.07, 6.45) is 20.4. The van der Waals surface area contributed by atoms with Crippen molar-refractivity contribution in [3.8, 4) is 12.3 Å². The minimum atomic E-state index is 0.670. The monoisotopic (exact) mass is 243 g/mol. The van der Waals surface area contributed by atoms with Crippen LogP contribution in [0.4, 0.5) is 0 Å². The molecule has 98 valence electrons. The Labute approximate surface area is 112 Å². The molecule has 1 saturated heterocycles. The maximum absolute atomic E-state index is 5.27. The van der Waals surface area contributed by atoms with Gasteiger partial charge in [-0.05, 0) is 56.4 Å². The van der Waals surface area contributed by atoms with E-state index in [0.717, 1.165) is 24.3 Å². The van der Waals surface area contributed by atoms with E-state index in [0.29, 0.717) is 6.04 Å². The maximum atomic E-state index is 5.27. The zero-order chi connectivity index (χ0) is 12.8. The Hall–Kier alpha value is -1.00. The van der Waals surface area contributed by atoms with Crippen molar-refractivity contribution in [2.75, 3.05) is 0 Å². The first-order valence-electron chi connectivity index (χ1n) is 7.33. The first kappa shape index (κ1) is 13.4. The summed E-state index contributed by atoms with van der Waals surface area (Å²) in [5.41, 5.74) is 0. The lowest BCUT2D eigenvalue weighted by atomic mass is 9.69. The van der Waals surface area contributed by atoms with E-state index < -0.39 is 0 Å². The lowest BCUT2D eigenvalue weighted by molar-refractivity contribution is 0.117. The van der Waals surface area contributed by atoms with Crippen LogP contribution in [0, 0.1) is 24.2 Å². The Morgan fingerprint density at radius 2 is 2.11 bits per heavy atom. The zero-order valence-electron chi connectivity index (χ0n) is 11.3. The predicted octanol–water partition coefficient (Wildman–Crippen LogP) is 3.68. The van der Waals surface area contributed by atoms with E-state index in [1.54, 1.807) is 0 Å². The molecule has 0 aromatic carbocycles. The normalized spacial score (nSPS) is 35.9. The molecular weight excluding hydrogens is 218 g/mol. The van der Waals surface area contributed by atoms with Gasteiger partial charge in [-0.3, -0.25) is 0 Å². The Morgan fingerprint density at radius 1 is 1.22 bits per heavy atom. The molecular formula is C17H25N. The number of allylic oxidation sites excluding steroid dienone is 2. The molecule has 1 heterocycles. The van der Waals surface area contributed by atoms with Crippen LogP contribution in [0.25, 0.3) is 0 Å². The van der Waals surface area contributed by atoms with Crippen LogP contribution in [0.15, 0.2) is 24.8 Å². The molecule has 2 aliphatic rings. The van der Waals surface area contributed by atoms with Gasteiger partial charge < -0.3 is 5.32 Å². The highest BCUT2D eigenvalue weighted by molar-refractivity contribution is 5.09. The number of terminal acetylenes is 1. The lowest BCUT2D eigenvalue weighted by Gasteiger charge is -2.44. The minimum Gasteiger partial charge on any atom is -0.311 e. The van der Waals surface area contributed by atoms with Crippen LogP contribution in [0.5, 0.6) is 0 Å². The highest BCUT2D eigenvalue weighted by atomic mass is 15.0. The largest absolute Gasteiger partial charge is 0.311 e. The molecule has 0 aromatic heterocycles. The standard InChI is InChI=1S/C17H25N/c1-3-5-6-9-14-10-7-11-17-16(14)13-12-15(18-17)8-4-2/h1,4-6,14-18H,2,7-13H2. The molecule has 2 rings (SSSR count). The van der Waals surface area contributed by atoms with Crippen molar-refractivity contribution in [3.05, 3.63) is 24.8 Å². The number of rotatable bonds is 4. The second-order valence-electron chi connectivity index (χ2n) is 5.73. The van der Waals surface area contributed by atoms with Crippen LogP contribution in [0.1, 0.15) is 44.9 Å². The first-order valence-corrected chi connectivity index (χ1v) is 7.33. The van der Waals surface area contributed by atoms with Crippen LogP contribution < -0.4 is 5.32 Å². The van der Waals surface area contributed by atoms with Gasteiger partial charge in [0.15, 0.2) is 0 Å². The molecule has 1 aliphatic heterocycles. The molecule has 0 amide bonds. The fourth-order valence-corrected chi connectivity index (χ4v) is 3.77. The van der Waals surface area contributed by atoms with Gasteiger partial charge in [-0.25, -0.2) is 0 Å². The van der Waals surface area contributed by atoms with Crippen molar-refractivity contribution in [1.29, 1.82) is 0 Å². The number of fused-ring (bicyclic) bond motifs is 1. The van der Waals surface area contributed by atoms with Crippen molar-refractivity contribution >= 4 is 0 Å². The highest BCUT2D eigenvalue weighted by Crippen LogP contribution is 2.39. The summed E-state index contributed by atoms with van der Waals surface area (Å²) < 4.78 is 0. The Balaban J connectivity index is 1.91. The quantitative estimate of drug-likeness (QED) is 0.586. The van der Waals surface area contributed by atoms with E-state index >= 15 is 0 Å². The van der Waals surface area contributed by atoms with E-state index in [2.05, 4.69) is 23.9 Å². The van der Waals surface area contributed by atoms with Crippen LogP contribution in [-0.2, 0) is 0 Å². The molecule has 18 heavy (non-hydrogen) atoms. The smallest absolute Gasteiger partial charge is 0.0104 e. The van der Waals surface area contributed by atoms with Crippen molar-refractivity contribution in [2.24, 2.45) is 11.8 Å². The molecule has 1 nitrogen and oxygen atoms in total. The second-order valence-corrected chi connectivity index (χ2v) is 5.73. The van der Waals surface area contributed by atoms with Crippen molar-refractivity contribution < 1.29 is 0 Å². The topological polar surface area (TPSA) is 12.0 Å². The third-order valence-corrected chi connectivity index (χ3v) is 4.61. The summed E-state index contributed by atoms with van der Waals surface area (Å²) in [5.74, 6) is 4.30. The van der Waals surface area contributed by atoms with Crippen LogP contribution >= 0.6 is 0 Å². The van der Waals surface area contributed by atoms with Gasteiger partial charge in [-0.15, -0.1) is 13.0 Å². The summed E-state index contributed by atoms with van der Waals surface area (Å²) >= 11 is 0. The van der Waals surface area contributed by atoms with Gasteiger partial charge in [0.2, 0.25) is 0 Å². The van der Waals surface area contributed by atoms with E-state index in [1.165, 1.54) is 38.5 Å². The van der Waals surface area contributed by atoms with E-state index in [9.17, 15) is 0 Å². The van der Waals surface area contributed by atoms with Crippen molar-refractivity contribution in [3.63, 3.8) is 0 Å². The molecule has 1 N–H and O–H groups in total. The molecule has 1 aliphatic carbocycles. The SMILES string of the molecule is C#CC=CCC1CCCC2NC(CC=C)CCC12. The molecule has 1 heteroatoms. The van der Waals surface area contributed by atoms with Crippen molar-refractivity contribution in [2.45, 2.75) is 57.0 Å². The Bertz CT molecular complexity index is 336. The molecule has 4 atom stereocenters. The summed E-state index contributed by atoms with van der Waals surface area (Å²) in [7, 11) is 0. The third kappa shape index (κ3) is 3.27. The number of nitrogens with one attached hydrogen (secondary N) is 1. The molecule has 0 aromatic rings. The van der Waals surface area contributed by atoms with Gasteiger partial charge in [0.05, 0.1) is 0 Å². The van der Waals surface area contributed by atoms with Gasteiger partial charge in [0.25, 0.3) is 0 Å². The van der Waals surface area contributed by atoms with Crippen LogP contribution in [0.3, 0.4) is 0 Å². The lowest BCUT2D eigenvalue weighted by Crippen LogP contribution is -2.51. The van der Waals surface area contributed by atoms with Gasteiger partial charge in [-0.2, -0.15) is 0 Å². The fourth-order valence-electron chi connectivity index (χ4n) is 3.77. The van der Waals surface area contributed by atoms with Crippen molar-refractivity contribution in [1.82, 2.24) is 5.32 Å². The predicted molar refractivity (Wildman–Crippen MR) is 78.2 cm³/mol. The molecule has 2 fully saturated rings. The van der Waals surface area contributed by atoms with Crippen LogP contribution in [0.2, 0.25) is 0 Å². The summed E-state index contributed by atoms with van der Waals surface area (Å²) in [5, 5.41) is 3.84. The second kappa shape index (κ2) is 6.81. The molecule has 0 spiro atoms. The third-order valence-electron chi connectivity index (χ3n) is 4.61. The summed E-state index contributed by atoms with van der Waals surface area (Å²) in [6, 6.07) is 1.41. The Kier molecular flexibility index (Phi) is 5.08. The van der Waals surface area contributed by atoms with Crippen LogP contribution in [-0.4, -0.2) is 12.1 Å². The number of piperidine rings is 1. The molecule has 1 saturated carbocycles. The molecule has 4 unspecified atom stereocenters. The summed E-state index contributed by atoms with van der Waals surface area (Å²) in [6.45, 7) is 3.86. The fraction of sp³-hybridized carbons (Fsp3) is 0.647. The number of hydrogen-bond acceptors (Lipinski definition) is 1. The Morgan fingerprint density at radius 3 is 2.89 bits per heavy atom. The van der Waals surface area contributed by atoms with Gasteiger partial charge in [-0.1, -0.05) is 24.5 Å². The van der Waals surface area contributed by atoms with Gasteiger partial charge in [0.1, 0.15) is 0 Å². The highest BCUT2D eigenvalue weighted by Gasteiger charge is 2.36. The molecule has 0 bridgehead atoms. The molecule has 0 radical (unpaired) electrons. The average Bonchev–Trinajstić information content (AvgIpc) is 2.39. The van der Waals surface area contributed by atoms with E-state index in [1.807, 2.05) is 12.2 Å². The summed E-state index contributed by atoms with van der Waals surface area (Å²) in [4.78, 5) is 0. The maximum Gasteiger partial charge on any atom is 0.0104 e. The average molecular weight is 243 g/mol. The minimum absolute atomic E-state index is 0.670. The van der Waals surface area contributed by atoms with Gasteiger partial charge >= 0.3 is 0 Å². The zero-order valence-corrected chi connectivity index (χ0v) is 11.3.